The van der Waals surface area contributed by atoms with Gasteiger partial charge < -0.3 is 0 Å². The number of alkyl halides is 2. The van der Waals surface area contributed by atoms with Gasteiger partial charge >= 0.3 is 136 Å². The summed E-state index contributed by atoms with van der Waals surface area (Å²) in [5, 5.41) is 7.90. The van der Waals surface area contributed by atoms with Gasteiger partial charge in [0.15, 0.2) is 0 Å². The summed E-state index contributed by atoms with van der Waals surface area (Å²) < 4.78 is 43.0. The van der Waals surface area contributed by atoms with Gasteiger partial charge in [-0.05, 0) is 0 Å². The van der Waals surface area contributed by atoms with Crippen molar-refractivity contribution in [2.24, 2.45) is 5.73 Å². The second-order valence-electron chi connectivity index (χ2n) is 5.11. The fourth-order valence-corrected chi connectivity index (χ4v) is 8.12. The van der Waals surface area contributed by atoms with E-state index in [1.54, 1.807) is 12.3 Å². The molecule has 23 heavy (non-hydrogen) atoms. The van der Waals surface area contributed by atoms with E-state index in [1.807, 2.05) is 4.57 Å². The number of hydrogen-bond donors (Lipinski definition) is 1. The third-order valence-corrected chi connectivity index (χ3v) is 9.83. The average molecular weight is 433 g/mol. The third-order valence-electron chi connectivity index (χ3n) is 3.68. The van der Waals surface area contributed by atoms with Crippen molar-refractivity contribution in [2.75, 3.05) is 0 Å². The Morgan fingerprint density at radius 3 is 2.78 bits per heavy atom. The van der Waals surface area contributed by atoms with E-state index < -0.39 is 37.3 Å². The van der Waals surface area contributed by atoms with Crippen LogP contribution in [-0.2, 0) is 11.0 Å². The molecule has 0 saturated carbocycles. The van der Waals surface area contributed by atoms with Gasteiger partial charge in [-0.2, -0.15) is 0 Å². The first-order valence-corrected chi connectivity index (χ1v) is 10.6. The number of rotatable bonds is 1. The Labute approximate surface area is 136 Å². The molecule has 0 radical (unpaired) electrons. The van der Waals surface area contributed by atoms with Gasteiger partial charge in [-0.1, -0.05) is 0 Å². The van der Waals surface area contributed by atoms with Crippen LogP contribution in [-0.4, -0.2) is 23.8 Å². The summed E-state index contributed by atoms with van der Waals surface area (Å²) in [5.41, 5.74) is 7.56. The molecule has 0 amide bonds. The number of nitrogens with two attached hydrogens (primary N) is 1. The Morgan fingerprint density at radius 1 is 1.17 bits per heavy atom. The SMILES string of the molecule is N[C@H]1Cn2c(nc3ccnnc32)CI1c1cc(F)c(F)cc1F. The van der Waals surface area contributed by atoms with Crippen molar-refractivity contribution in [2.45, 2.75) is 15.0 Å². The van der Waals surface area contributed by atoms with Gasteiger partial charge in [0, 0.05) is 0 Å². The quantitative estimate of drug-likeness (QED) is 0.277. The number of imidazole rings is 1. The molecule has 0 unspecified atom stereocenters. The van der Waals surface area contributed by atoms with Gasteiger partial charge in [-0.25, -0.2) is 0 Å². The molecule has 2 aromatic heterocycles. The molecule has 0 spiro atoms. The van der Waals surface area contributed by atoms with E-state index in [4.69, 9.17) is 5.73 Å². The predicted octanol–water partition coefficient (Wildman–Crippen LogP) is 2.42. The maximum absolute atomic E-state index is 14.1. The first kappa shape index (κ1) is 14.8. The maximum atomic E-state index is 14.1. The van der Waals surface area contributed by atoms with Gasteiger partial charge in [0.2, 0.25) is 0 Å². The molecular formula is C14H11F3IN5. The molecule has 0 saturated heterocycles. The zero-order valence-electron chi connectivity index (χ0n) is 11.7. The van der Waals surface area contributed by atoms with Crippen molar-refractivity contribution < 1.29 is 13.2 Å². The molecule has 5 nitrogen and oxygen atoms in total. The minimum absolute atomic E-state index is 0.227. The predicted molar refractivity (Wildman–Crippen MR) is 86.0 cm³/mol. The molecule has 9 heteroatoms. The summed E-state index contributed by atoms with van der Waals surface area (Å²) in [4.78, 5) is 4.49. The molecule has 0 aliphatic carbocycles. The van der Waals surface area contributed by atoms with E-state index in [0.29, 0.717) is 28.2 Å². The van der Waals surface area contributed by atoms with Crippen LogP contribution in [0.25, 0.3) is 11.2 Å². The van der Waals surface area contributed by atoms with Crippen molar-refractivity contribution >= 4 is 31.0 Å². The van der Waals surface area contributed by atoms with E-state index in [9.17, 15) is 13.2 Å². The molecule has 2 N–H and O–H groups in total. The number of benzene rings is 1. The number of halogens is 4. The van der Waals surface area contributed by atoms with Crippen LogP contribution >= 0.6 is 19.8 Å². The van der Waals surface area contributed by atoms with E-state index in [1.165, 1.54) is 0 Å². The van der Waals surface area contributed by atoms with Crippen LogP contribution in [0.3, 0.4) is 0 Å². The topological polar surface area (TPSA) is 69.6 Å². The van der Waals surface area contributed by atoms with Crippen LogP contribution in [0.5, 0.6) is 0 Å². The molecule has 120 valence electrons. The monoisotopic (exact) mass is 433 g/mol. The molecule has 3 heterocycles. The summed E-state index contributed by atoms with van der Waals surface area (Å²) in [7, 11) is 0. The van der Waals surface area contributed by atoms with E-state index in [0.717, 1.165) is 11.9 Å². The van der Waals surface area contributed by atoms with Crippen molar-refractivity contribution in [1.29, 1.82) is 0 Å². The van der Waals surface area contributed by atoms with Crippen LogP contribution in [0.2, 0.25) is 0 Å². The van der Waals surface area contributed by atoms with Crippen LogP contribution < -0.4 is 5.73 Å². The van der Waals surface area contributed by atoms with Gasteiger partial charge in [-0.15, -0.1) is 0 Å². The summed E-state index contributed by atoms with van der Waals surface area (Å²) >= 11 is -2.30. The molecule has 0 bridgehead atoms. The zero-order valence-corrected chi connectivity index (χ0v) is 13.8. The van der Waals surface area contributed by atoms with Gasteiger partial charge in [0.25, 0.3) is 0 Å². The van der Waals surface area contributed by atoms with Gasteiger partial charge in [0.05, 0.1) is 0 Å². The average Bonchev–Trinajstić information content (AvgIpc) is 2.88. The molecule has 1 aliphatic heterocycles. The molecule has 3 aromatic rings. The molecule has 1 atom stereocenters. The Bertz CT molecular complexity index is 913. The molecular weight excluding hydrogens is 422 g/mol. The Hall–Kier alpha value is -1.75. The van der Waals surface area contributed by atoms with Gasteiger partial charge in [-0.3, -0.25) is 0 Å². The Morgan fingerprint density at radius 2 is 1.96 bits per heavy atom. The summed E-state index contributed by atoms with van der Waals surface area (Å²) in [6, 6.07) is 3.29. The minimum atomic E-state index is -2.30. The van der Waals surface area contributed by atoms with Crippen LogP contribution in [0.4, 0.5) is 13.2 Å². The van der Waals surface area contributed by atoms with E-state index >= 15 is 0 Å². The normalized spacial score (nSPS) is 19.1. The summed E-state index contributed by atoms with van der Waals surface area (Å²) in [6.07, 6.45) is 1.55. The third kappa shape index (κ3) is 2.38. The molecule has 0 fully saturated rings. The fraction of sp³-hybridized carbons (Fsp3) is 0.214. The standard InChI is InChI=1S/C14H11F3IN5/c15-7-3-9(17)10(4-8(7)16)18-5-13-21-11-1-2-20-22-14(11)23(13)6-12(18)19/h1-4,12H,5-6,19H2/t12-/m0/s1. The second-order valence-corrected chi connectivity index (χ2v) is 10.9. The summed E-state index contributed by atoms with van der Waals surface area (Å²) in [6.45, 7) is 0.424. The van der Waals surface area contributed by atoms with Gasteiger partial charge in [0.1, 0.15) is 0 Å². The Kier molecular flexibility index (Phi) is 3.48. The number of aromatic nitrogens is 4. The van der Waals surface area contributed by atoms with E-state index in [-0.39, 0.29) is 7.62 Å². The molecule has 4 rings (SSSR count). The van der Waals surface area contributed by atoms with E-state index in [2.05, 4.69) is 15.2 Å². The first-order valence-electron chi connectivity index (χ1n) is 6.76. The summed E-state index contributed by atoms with van der Waals surface area (Å²) in [5.74, 6) is -2.21. The Balaban J connectivity index is 1.79. The molecule has 1 aliphatic rings. The van der Waals surface area contributed by atoms with Crippen molar-refractivity contribution in [1.82, 2.24) is 19.7 Å². The number of hydrogen-bond acceptors (Lipinski definition) is 4. The first-order chi connectivity index (χ1) is 11.0. The fourth-order valence-electron chi connectivity index (χ4n) is 2.61. The zero-order chi connectivity index (χ0) is 16.1. The van der Waals surface area contributed by atoms with Crippen molar-refractivity contribution in [3.63, 3.8) is 0 Å². The van der Waals surface area contributed by atoms with Crippen molar-refractivity contribution in [3.05, 3.63) is 51.2 Å². The number of nitrogens with zero attached hydrogens (tertiary/aromatic N) is 4. The van der Waals surface area contributed by atoms with Crippen LogP contribution in [0.15, 0.2) is 24.4 Å². The van der Waals surface area contributed by atoms with Crippen LogP contribution in [0.1, 0.15) is 5.82 Å². The second kappa shape index (κ2) is 5.41. The van der Waals surface area contributed by atoms with Crippen LogP contribution in [0, 0.1) is 21.0 Å². The molecule has 1 aromatic carbocycles. The number of fused-ring (bicyclic) bond motifs is 3. The van der Waals surface area contributed by atoms with Crippen molar-refractivity contribution in [3.8, 4) is 0 Å².